The minimum absolute atomic E-state index is 0.159. The normalized spacial score (nSPS) is 10.6. The van der Waals surface area contributed by atoms with Gasteiger partial charge in [0.2, 0.25) is 11.8 Å². The number of rotatable bonds is 7. The van der Waals surface area contributed by atoms with Crippen molar-refractivity contribution < 1.29 is 18.0 Å². The number of halogens is 2. The van der Waals surface area contributed by atoms with Crippen LogP contribution in [0.2, 0.25) is 0 Å². The van der Waals surface area contributed by atoms with Crippen LogP contribution in [0.1, 0.15) is 10.4 Å². The van der Waals surface area contributed by atoms with Crippen LogP contribution in [0.3, 0.4) is 0 Å². The Kier molecular flexibility index (Phi) is 5.77. The molecule has 3 rings (SSSR count). The van der Waals surface area contributed by atoms with Crippen molar-refractivity contribution in [1.29, 1.82) is 0 Å². The topological polar surface area (TPSA) is 79.2 Å². The van der Waals surface area contributed by atoms with Gasteiger partial charge < -0.3 is 20.4 Å². The molecule has 140 valence electrons. The molecule has 1 aromatic heterocycles. The molecule has 0 aliphatic rings. The Labute approximate surface area is 154 Å². The van der Waals surface area contributed by atoms with Gasteiger partial charge in [-0.3, -0.25) is 4.79 Å². The van der Waals surface area contributed by atoms with Gasteiger partial charge >= 0.3 is 0 Å². The molecule has 27 heavy (non-hydrogen) atoms. The van der Waals surface area contributed by atoms with Crippen LogP contribution in [0.4, 0.5) is 20.4 Å². The first-order valence-electron chi connectivity index (χ1n) is 8.28. The van der Waals surface area contributed by atoms with Gasteiger partial charge in [0.15, 0.2) is 0 Å². The second-order valence-corrected chi connectivity index (χ2v) is 5.69. The van der Waals surface area contributed by atoms with E-state index in [1.807, 2.05) is 7.05 Å². The highest BCUT2D eigenvalue weighted by Gasteiger charge is 2.16. The van der Waals surface area contributed by atoms with Gasteiger partial charge in [0.25, 0.3) is 5.91 Å². The molecular formula is C19H18F2N4O2. The van der Waals surface area contributed by atoms with E-state index in [1.165, 1.54) is 12.3 Å². The summed E-state index contributed by atoms with van der Waals surface area (Å²) < 4.78 is 33.0. The van der Waals surface area contributed by atoms with Gasteiger partial charge in [-0.05, 0) is 43.4 Å². The molecule has 0 radical (unpaired) electrons. The number of nitrogens with zero attached hydrogens (tertiary/aromatic N) is 1. The molecule has 0 saturated heterocycles. The van der Waals surface area contributed by atoms with Crippen molar-refractivity contribution >= 4 is 17.5 Å². The Bertz CT molecular complexity index is 905. The van der Waals surface area contributed by atoms with Crippen molar-refractivity contribution in [2.75, 3.05) is 25.5 Å². The van der Waals surface area contributed by atoms with E-state index >= 15 is 0 Å². The van der Waals surface area contributed by atoms with Crippen LogP contribution < -0.4 is 16.0 Å². The number of oxazole rings is 1. The molecule has 0 fully saturated rings. The molecule has 6 nitrogen and oxygen atoms in total. The Hall–Kier alpha value is -3.26. The molecule has 0 aliphatic heterocycles. The van der Waals surface area contributed by atoms with Crippen LogP contribution >= 0.6 is 0 Å². The van der Waals surface area contributed by atoms with Gasteiger partial charge in [-0.15, -0.1) is 0 Å². The second kappa shape index (κ2) is 8.41. The zero-order valence-electron chi connectivity index (χ0n) is 14.6. The first-order chi connectivity index (χ1) is 13.1. The molecule has 3 aromatic rings. The fourth-order valence-electron chi connectivity index (χ4n) is 2.40. The number of nitrogens with one attached hydrogen (secondary N) is 3. The number of carbonyl (C=O) groups excluding carboxylic acids is 1. The van der Waals surface area contributed by atoms with Gasteiger partial charge in [-0.25, -0.2) is 13.8 Å². The third-order valence-electron chi connectivity index (χ3n) is 3.76. The monoisotopic (exact) mass is 372 g/mol. The Morgan fingerprint density at radius 3 is 2.44 bits per heavy atom. The molecule has 0 atom stereocenters. The number of benzene rings is 2. The molecule has 0 unspecified atom stereocenters. The average molecular weight is 372 g/mol. The summed E-state index contributed by atoms with van der Waals surface area (Å²) in [4.78, 5) is 15.9. The summed E-state index contributed by atoms with van der Waals surface area (Å²) in [7, 11) is 1.81. The summed E-state index contributed by atoms with van der Waals surface area (Å²) in [5.41, 5.74) is 0.834. The molecule has 3 N–H and O–H groups in total. The van der Waals surface area contributed by atoms with E-state index in [0.717, 1.165) is 12.1 Å². The highest BCUT2D eigenvalue weighted by atomic mass is 19.1. The number of anilines is 2. The lowest BCUT2D eigenvalue weighted by molar-refractivity contribution is 0.0954. The molecule has 1 amide bonds. The summed E-state index contributed by atoms with van der Waals surface area (Å²) in [6.45, 7) is 1.21. The molecule has 0 bridgehead atoms. The van der Waals surface area contributed by atoms with Gasteiger partial charge in [0.1, 0.15) is 17.2 Å². The van der Waals surface area contributed by atoms with Crippen molar-refractivity contribution in [3.05, 3.63) is 65.9 Å². The number of hydrogen-bond donors (Lipinski definition) is 3. The summed E-state index contributed by atoms with van der Waals surface area (Å²) in [5, 5.41) is 8.66. The zero-order valence-corrected chi connectivity index (χ0v) is 14.6. The maximum absolute atomic E-state index is 13.8. The molecular weight excluding hydrogens is 354 g/mol. The van der Waals surface area contributed by atoms with E-state index in [0.29, 0.717) is 24.3 Å². The first kappa shape index (κ1) is 18.5. The zero-order chi connectivity index (χ0) is 19.2. The molecule has 0 spiro atoms. The van der Waals surface area contributed by atoms with Crippen molar-refractivity contribution in [2.45, 2.75) is 0 Å². The van der Waals surface area contributed by atoms with E-state index in [1.54, 1.807) is 24.3 Å². The second-order valence-electron chi connectivity index (χ2n) is 5.69. The lowest BCUT2D eigenvalue weighted by Gasteiger charge is -2.06. The van der Waals surface area contributed by atoms with Crippen LogP contribution in [0.5, 0.6) is 0 Å². The van der Waals surface area contributed by atoms with Gasteiger partial charge in [0, 0.05) is 24.3 Å². The molecule has 0 saturated carbocycles. The van der Waals surface area contributed by atoms with E-state index in [9.17, 15) is 13.6 Å². The minimum Gasteiger partial charge on any atom is -0.420 e. The number of likely N-dealkylation sites (N-methyl/N-ethyl adjacent to an activating group) is 1. The quantitative estimate of drug-likeness (QED) is 0.555. The fraction of sp³-hybridized carbons (Fsp3) is 0.158. The van der Waals surface area contributed by atoms with Crippen molar-refractivity contribution in [3.63, 3.8) is 0 Å². The third kappa shape index (κ3) is 4.48. The molecule has 8 heteroatoms. The smallest absolute Gasteiger partial charge is 0.251 e. The standard InChI is InChI=1S/C19H18F2N4O2/c1-22-9-10-23-18(26)12-5-7-13(8-6-12)25-16-11-24-19(27-16)17-14(20)3-2-4-15(17)21/h2-8,11,22,25H,9-10H2,1H3,(H,23,26). The van der Waals surface area contributed by atoms with E-state index in [-0.39, 0.29) is 23.2 Å². The van der Waals surface area contributed by atoms with Gasteiger partial charge in [0.05, 0.1) is 6.20 Å². The molecule has 1 heterocycles. The SMILES string of the molecule is CNCCNC(=O)c1ccc(Nc2cnc(-c3c(F)cccc3F)o2)cc1. The lowest BCUT2D eigenvalue weighted by atomic mass is 10.2. The van der Waals surface area contributed by atoms with Crippen LogP contribution in [0.15, 0.2) is 53.1 Å². The summed E-state index contributed by atoms with van der Waals surface area (Å²) in [6, 6.07) is 10.2. The third-order valence-corrected chi connectivity index (χ3v) is 3.76. The highest BCUT2D eigenvalue weighted by molar-refractivity contribution is 5.94. The average Bonchev–Trinajstić information content (AvgIpc) is 3.10. The molecule has 2 aromatic carbocycles. The lowest BCUT2D eigenvalue weighted by Crippen LogP contribution is -2.30. The summed E-state index contributed by atoms with van der Waals surface area (Å²) >= 11 is 0. The Morgan fingerprint density at radius 2 is 1.78 bits per heavy atom. The van der Waals surface area contributed by atoms with Gasteiger partial charge in [-0.1, -0.05) is 6.07 Å². The van der Waals surface area contributed by atoms with Crippen LogP contribution in [0.25, 0.3) is 11.5 Å². The highest BCUT2D eigenvalue weighted by Crippen LogP contribution is 2.28. The van der Waals surface area contributed by atoms with Gasteiger partial charge in [-0.2, -0.15) is 0 Å². The van der Waals surface area contributed by atoms with Crippen molar-refractivity contribution in [2.24, 2.45) is 0 Å². The minimum atomic E-state index is -0.753. The maximum Gasteiger partial charge on any atom is 0.251 e. The number of amides is 1. The molecule has 0 aliphatic carbocycles. The largest absolute Gasteiger partial charge is 0.420 e. The first-order valence-corrected chi connectivity index (χ1v) is 8.28. The Balaban J connectivity index is 1.68. The van der Waals surface area contributed by atoms with E-state index < -0.39 is 11.6 Å². The number of aromatic nitrogens is 1. The van der Waals surface area contributed by atoms with Crippen LogP contribution in [0, 0.1) is 11.6 Å². The predicted octanol–water partition coefficient (Wildman–Crippen LogP) is 3.31. The Morgan fingerprint density at radius 1 is 1.07 bits per heavy atom. The summed E-state index contributed by atoms with van der Waals surface area (Å²) in [6.07, 6.45) is 1.33. The maximum atomic E-state index is 13.8. The van der Waals surface area contributed by atoms with Crippen molar-refractivity contribution in [1.82, 2.24) is 15.6 Å². The number of carbonyl (C=O) groups is 1. The van der Waals surface area contributed by atoms with E-state index in [2.05, 4.69) is 20.9 Å². The fourth-order valence-corrected chi connectivity index (χ4v) is 2.40. The van der Waals surface area contributed by atoms with Crippen LogP contribution in [-0.2, 0) is 0 Å². The van der Waals surface area contributed by atoms with Crippen LogP contribution in [-0.4, -0.2) is 31.0 Å². The summed E-state index contributed by atoms with van der Waals surface area (Å²) in [5.74, 6) is -1.62. The predicted molar refractivity (Wildman–Crippen MR) is 97.8 cm³/mol. The number of hydrogen-bond acceptors (Lipinski definition) is 5. The van der Waals surface area contributed by atoms with Crippen molar-refractivity contribution in [3.8, 4) is 11.5 Å². The van der Waals surface area contributed by atoms with E-state index in [4.69, 9.17) is 4.42 Å².